The van der Waals surface area contributed by atoms with Gasteiger partial charge in [0.2, 0.25) is 0 Å². The van der Waals surface area contributed by atoms with Crippen LogP contribution in [0.15, 0.2) is 244 Å². The van der Waals surface area contributed by atoms with E-state index in [1.165, 1.54) is 12.4 Å². The summed E-state index contributed by atoms with van der Waals surface area (Å²) in [5.41, 5.74) is 2.68. The lowest BCUT2D eigenvalue weighted by atomic mass is 9.76. The molecule has 3 heterocycles. The zero-order valence-corrected chi connectivity index (χ0v) is 34.5. The van der Waals surface area contributed by atoms with Crippen LogP contribution in [0.25, 0.3) is 5.69 Å². The highest BCUT2D eigenvalue weighted by atomic mass is 16.6. The maximum Gasteiger partial charge on any atom is 0.293 e. The Labute approximate surface area is 369 Å². The van der Waals surface area contributed by atoms with Gasteiger partial charge in [-0.05, 0) is 39.4 Å². The Balaban J connectivity index is 1.24. The Morgan fingerprint density at radius 3 is 1.05 bits per heavy atom. The lowest BCUT2D eigenvalue weighted by Crippen LogP contribution is -2.37. The van der Waals surface area contributed by atoms with Crippen LogP contribution in [0.1, 0.15) is 50.5 Å². The molecule has 0 aliphatic rings. The molecule has 0 aliphatic carbocycles. The van der Waals surface area contributed by atoms with Crippen molar-refractivity contribution in [3.8, 4) is 5.69 Å². The van der Waals surface area contributed by atoms with E-state index in [-0.39, 0.29) is 28.5 Å². The number of nitro benzene ring substituents is 1. The quantitative estimate of drug-likeness (QED) is 0.0702. The zero-order valence-electron chi connectivity index (χ0n) is 34.5. The van der Waals surface area contributed by atoms with E-state index in [0.29, 0.717) is 0 Å². The minimum Gasteiger partial charge on any atom is -0.372 e. The van der Waals surface area contributed by atoms with Crippen molar-refractivity contribution in [2.24, 2.45) is 0 Å². The first-order chi connectivity index (χ1) is 31.4. The topological polar surface area (TPSA) is 117 Å². The van der Waals surface area contributed by atoms with Gasteiger partial charge in [0, 0.05) is 24.7 Å². The van der Waals surface area contributed by atoms with Gasteiger partial charge < -0.3 is 14.2 Å². The fraction of sp³-hybridized carbons (Fsp3) is 0.0556. The molecule has 0 saturated heterocycles. The summed E-state index contributed by atoms with van der Waals surface area (Å²) in [6.45, 7) is 0. The second-order valence-electron chi connectivity index (χ2n) is 15.6. The molecule has 64 heavy (non-hydrogen) atoms. The van der Waals surface area contributed by atoms with Crippen LogP contribution in [-0.4, -0.2) is 38.7 Å². The van der Waals surface area contributed by atoms with E-state index in [9.17, 15) is 15.2 Å². The van der Waals surface area contributed by atoms with Gasteiger partial charge in [-0.25, -0.2) is 15.0 Å². The van der Waals surface area contributed by atoms with Crippen LogP contribution in [0.3, 0.4) is 0 Å². The standard InChI is InChI=1S/C54H41N7O3/c62-54(49-35-58(38-55-49)47-33-19-20-34-48(47)61(63)64,50-36-59(39-56-50)52(41-21-7-1-8-22-41,42-23-9-2-10-24-42)43-25-11-3-12-26-43)51-37-60(40-57-51)53(44-27-13-4-14-28-44,45-29-15-5-16-30-45)46-31-17-6-18-32-46/h1-40,62H. The highest BCUT2D eigenvalue weighted by molar-refractivity contribution is 5.55. The lowest BCUT2D eigenvalue weighted by Gasteiger charge is -2.37. The summed E-state index contributed by atoms with van der Waals surface area (Å²) >= 11 is 0. The van der Waals surface area contributed by atoms with Gasteiger partial charge in [-0.15, -0.1) is 0 Å². The van der Waals surface area contributed by atoms with Gasteiger partial charge in [0.05, 0.1) is 23.9 Å². The molecule has 0 saturated carbocycles. The fourth-order valence-corrected chi connectivity index (χ4v) is 9.23. The molecule has 310 valence electrons. The molecule has 0 unspecified atom stereocenters. The summed E-state index contributed by atoms with van der Waals surface area (Å²) in [5.74, 6) is 0. The average molecular weight is 836 g/mol. The van der Waals surface area contributed by atoms with Gasteiger partial charge in [0.15, 0.2) is 5.60 Å². The van der Waals surface area contributed by atoms with Crippen LogP contribution in [0.4, 0.5) is 5.69 Å². The average Bonchev–Trinajstić information content (AvgIpc) is 4.18. The first-order valence-corrected chi connectivity index (χ1v) is 20.9. The summed E-state index contributed by atoms with van der Waals surface area (Å²) in [5, 5.41) is 26.0. The van der Waals surface area contributed by atoms with Crippen LogP contribution in [-0.2, 0) is 16.7 Å². The molecule has 10 aromatic rings. The van der Waals surface area contributed by atoms with Crippen molar-refractivity contribution < 1.29 is 10.0 Å². The largest absolute Gasteiger partial charge is 0.372 e. The van der Waals surface area contributed by atoms with E-state index < -0.39 is 21.6 Å². The molecule has 0 amide bonds. The van der Waals surface area contributed by atoms with Crippen LogP contribution in [0, 0.1) is 10.1 Å². The normalized spacial score (nSPS) is 12.0. The summed E-state index contributed by atoms with van der Waals surface area (Å²) in [4.78, 5) is 26.7. The third kappa shape index (κ3) is 6.43. The van der Waals surface area contributed by atoms with Gasteiger partial charge in [0.1, 0.15) is 33.8 Å². The Morgan fingerprint density at radius 1 is 0.406 bits per heavy atom. The van der Waals surface area contributed by atoms with Crippen molar-refractivity contribution in [1.82, 2.24) is 28.7 Å². The summed E-state index contributed by atoms with van der Waals surface area (Å²) in [6.07, 6.45) is 10.3. The minimum atomic E-state index is -2.10. The summed E-state index contributed by atoms with van der Waals surface area (Å²) in [6, 6.07) is 67.8. The van der Waals surface area contributed by atoms with Gasteiger partial charge in [0.25, 0.3) is 5.69 Å². The Kier molecular flexibility index (Phi) is 10.2. The smallest absolute Gasteiger partial charge is 0.293 e. The number of benzene rings is 7. The zero-order chi connectivity index (χ0) is 43.6. The number of nitrogens with zero attached hydrogens (tertiary/aromatic N) is 7. The maximum atomic E-state index is 13.8. The van der Waals surface area contributed by atoms with E-state index in [4.69, 9.17) is 15.0 Å². The van der Waals surface area contributed by atoms with Gasteiger partial charge in [-0.1, -0.05) is 194 Å². The molecule has 0 atom stereocenters. The SMILES string of the molecule is O=[N+]([O-])c1ccccc1-n1cnc(C(O)(c2cn(C(c3ccccc3)(c3ccccc3)c3ccccc3)cn2)c2cn(C(c3ccccc3)(c3ccccc3)c3ccccc3)cn2)c1. The van der Waals surface area contributed by atoms with Crippen LogP contribution in [0.5, 0.6) is 0 Å². The molecular formula is C54H41N7O3. The molecular weight excluding hydrogens is 795 g/mol. The number of hydrogen-bond acceptors (Lipinski definition) is 6. The number of aliphatic hydroxyl groups is 1. The van der Waals surface area contributed by atoms with Gasteiger partial charge in [-0.3, -0.25) is 14.7 Å². The minimum absolute atomic E-state index is 0.111. The van der Waals surface area contributed by atoms with E-state index in [1.807, 2.05) is 131 Å². The molecule has 0 bridgehead atoms. The van der Waals surface area contributed by atoms with Crippen LogP contribution in [0.2, 0.25) is 0 Å². The highest BCUT2D eigenvalue weighted by Gasteiger charge is 2.46. The Bertz CT molecular complexity index is 2790. The summed E-state index contributed by atoms with van der Waals surface area (Å²) in [7, 11) is 0. The van der Waals surface area contributed by atoms with Crippen LogP contribution >= 0.6 is 0 Å². The number of aromatic nitrogens is 6. The number of hydrogen-bond donors (Lipinski definition) is 1. The third-order valence-electron chi connectivity index (χ3n) is 12.1. The van der Waals surface area contributed by atoms with Crippen molar-refractivity contribution in [2.45, 2.75) is 16.7 Å². The van der Waals surface area contributed by atoms with E-state index in [0.717, 1.165) is 33.4 Å². The molecule has 10 rings (SSSR count). The molecule has 0 radical (unpaired) electrons. The molecule has 10 heteroatoms. The predicted octanol–water partition coefficient (Wildman–Crippen LogP) is 10.1. The maximum absolute atomic E-state index is 13.8. The summed E-state index contributed by atoms with van der Waals surface area (Å²) < 4.78 is 5.62. The second-order valence-corrected chi connectivity index (χ2v) is 15.6. The van der Waals surface area contributed by atoms with Crippen LogP contribution < -0.4 is 0 Å². The van der Waals surface area contributed by atoms with Crippen molar-refractivity contribution in [2.75, 3.05) is 0 Å². The van der Waals surface area contributed by atoms with Crippen molar-refractivity contribution in [1.29, 1.82) is 0 Å². The molecule has 0 spiro atoms. The first kappa shape index (κ1) is 39.7. The fourth-order valence-electron chi connectivity index (χ4n) is 9.23. The molecule has 3 aromatic heterocycles. The molecule has 10 nitrogen and oxygen atoms in total. The molecule has 0 aliphatic heterocycles. The number of nitro groups is 1. The second kappa shape index (κ2) is 16.4. The lowest BCUT2D eigenvalue weighted by molar-refractivity contribution is -0.384. The third-order valence-corrected chi connectivity index (χ3v) is 12.1. The molecule has 1 N–H and O–H groups in total. The van der Waals surface area contributed by atoms with Gasteiger partial charge >= 0.3 is 0 Å². The molecule has 7 aromatic carbocycles. The van der Waals surface area contributed by atoms with Crippen molar-refractivity contribution in [3.05, 3.63) is 304 Å². The monoisotopic (exact) mass is 835 g/mol. The number of para-hydroxylation sites is 2. The molecule has 0 fully saturated rings. The first-order valence-electron chi connectivity index (χ1n) is 20.9. The van der Waals surface area contributed by atoms with E-state index in [2.05, 4.69) is 72.8 Å². The highest BCUT2D eigenvalue weighted by Crippen LogP contribution is 2.45. The number of rotatable bonds is 13. The van der Waals surface area contributed by atoms with Crippen molar-refractivity contribution in [3.63, 3.8) is 0 Å². The Morgan fingerprint density at radius 2 is 0.703 bits per heavy atom. The van der Waals surface area contributed by atoms with Crippen molar-refractivity contribution >= 4 is 5.69 Å². The predicted molar refractivity (Wildman–Crippen MR) is 246 cm³/mol. The van der Waals surface area contributed by atoms with Gasteiger partial charge in [-0.2, -0.15) is 0 Å². The Hall–Kier alpha value is -8.47. The van der Waals surface area contributed by atoms with E-state index in [1.54, 1.807) is 41.6 Å². The van der Waals surface area contributed by atoms with E-state index >= 15 is 0 Å². The number of imidazole rings is 3.